The van der Waals surface area contributed by atoms with Gasteiger partial charge in [0.2, 0.25) is 0 Å². The van der Waals surface area contributed by atoms with Gasteiger partial charge in [-0.15, -0.1) is 0 Å². The van der Waals surface area contributed by atoms with Crippen LogP contribution in [0.3, 0.4) is 0 Å². The van der Waals surface area contributed by atoms with E-state index in [9.17, 15) is 19.8 Å². The second-order valence-corrected chi connectivity index (χ2v) is 4.97. The van der Waals surface area contributed by atoms with Gasteiger partial charge >= 0.3 is 17.1 Å². The molecule has 1 radical (unpaired) electrons. The van der Waals surface area contributed by atoms with Crippen molar-refractivity contribution in [2.75, 3.05) is 0 Å². The van der Waals surface area contributed by atoms with E-state index in [2.05, 4.69) is 0 Å². The second-order valence-electron chi connectivity index (χ2n) is 4.97. The fourth-order valence-electron chi connectivity index (χ4n) is 1.74. The second kappa shape index (κ2) is 11.8. The molecule has 0 aliphatic heterocycles. The van der Waals surface area contributed by atoms with Crippen LogP contribution in [0.5, 0.6) is 0 Å². The first-order valence-electron chi connectivity index (χ1n) is 7.29. The molecule has 0 aliphatic carbocycles. The van der Waals surface area contributed by atoms with Gasteiger partial charge in [-0.05, 0) is 37.1 Å². The van der Waals surface area contributed by atoms with Crippen LogP contribution in [0.1, 0.15) is 25.0 Å². The van der Waals surface area contributed by atoms with Crippen molar-refractivity contribution >= 4 is 23.1 Å². The molecule has 0 fully saturated rings. The van der Waals surface area contributed by atoms with E-state index in [1.54, 1.807) is 48.5 Å². The van der Waals surface area contributed by atoms with Crippen molar-refractivity contribution in [3.05, 3.63) is 83.9 Å². The Labute approximate surface area is 158 Å². The van der Waals surface area contributed by atoms with E-state index in [0.717, 1.165) is 12.2 Å². The van der Waals surface area contributed by atoms with Crippen LogP contribution < -0.4 is 10.2 Å². The number of hydrogen-bond acceptors (Lipinski definition) is 4. The van der Waals surface area contributed by atoms with Gasteiger partial charge < -0.3 is 10.2 Å². The van der Waals surface area contributed by atoms with Gasteiger partial charge in [0, 0.05) is 0 Å². The molecule has 2 rings (SSSR count). The van der Waals surface area contributed by atoms with Gasteiger partial charge in [-0.2, -0.15) is 0 Å². The number of hydrogen-bond donors (Lipinski definition) is 0. The van der Waals surface area contributed by atoms with Crippen molar-refractivity contribution in [3.8, 4) is 0 Å². The Morgan fingerprint density at radius 1 is 0.680 bits per heavy atom. The van der Waals surface area contributed by atoms with Crippen LogP contribution in [0, 0.1) is 0 Å². The van der Waals surface area contributed by atoms with Crippen molar-refractivity contribution < 1.29 is 36.9 Å². The van der Waals surface area contributed by atoms with E-state index in [4.69, 9.17) is 0 Å². The maximum absolute atomic E-state index is 11.2. The molecule has 0 amide bonds. The fraction of sp³-hybridized carbons (Fsp3) is 0.100. The van der Waals surface area contributed by atoms with E-state index in [1.165, 1.54) is 13.8 Å². The summed E-state index contributed by atoms with van der Waals surface area (Å²) in [6.07, 6.45) is 2.19. The average Bonchev–Trinajstić information content (AvgIpc) is 2.56. The van der Waals surface area contributed by atoms with Gasteiger partial charge in [0.1, 0.15) is 0 Å². The normalized spacial score (nSPS) is 10.8. The summed E-state index contributed by atoms with van der Waals surface area (Å²) in [7, 11) is 0. The molecule has 0 spiro atoms. The number of carbonyl (C=O) groups excluding carboxylic acids is 2. The smallest absolute Gasteiger partial charge is 0.872 e. The van der Waals surface area contributed by atoms with E-state index in [0.29, 0.717) is 11.1 Å². The predicted octanol–water partition coefficient (Wildman–Crippen LogP) is 1.95. The van der Waals surface area contributed by atoms with Crippen LogP contribution in [-0.2, 0) is 26.7 Å². The van der Waals surface area contributed by atoms with E-state index < -0.39 is 0 Å². The molecular weight excluding hydrogens is 359 g/mol. The van der Waals surface area contributed by atoms with Gasteiger partial charge in [0.25, 0.3) is 0 Å². The molecule has 25 heavy (non-hydrogen) atoms. The Hall–Kier alpha value is -2.62. The summed E-state index contributed by atoms with van der Waals surface area (Å²) in [4.78, 5) is 21.1. The SMILES string of the molecule is CC(=O)/C=C(\[O-])c1ccccc1.CC(=O)/C=C(\[O-])c1ccccc1.[Mn+2]. The fourth-order valence-corrected chi connectivity index (χ4v) is 1.74. The number of ketones is 2. The van der Waals surface area contributed by atoms with Crippen molar-refractivity contribution in [1.29, 1.82) is 0 Å². The van der Waals surface area contributed by atoms with Crippen molar-refractivity contribution in [2.24, 2.45) is 0 Å². The molecule has 0 aliphatic rings. The maximum atomic E-state index is 11.2. The Bertz CT molecular complexity index is 669. The number of allylic oxidation sites excluding steroid dienone is 2. The molecule has 0 unspecified atom stereocenters. The van der Waals surface area contributed by atoms with Gasteiger partial charge in [-0.1, -0.05) is 72.2 Å². The largest absolute Gasteiger partial charge is 2.00 e. The summed E-state index contributed by atoms with van der Waals surface area (Å²) >= 11 is 0. The average molecular weight is 377 g/mol. The monoisotopic (exact) mass is 377 g/mol. The van der Waals surface area contributed by atoms with Crippen molar-refractivity contribution in [1.82, 2.24) is 0 Å². The maximum Gasteiger partial charge on any atom is 2.00 e. The van der Waals surface area contributed by atoms with E-state index in [-0.39, 0.29) is 40.2 Å². The third-order valence-corrected chi connectivity index (χ3v) is 2.79. The molecule has 0 bridgehead atoms. The van der Waals surface area contributed by atoms with Crippen LogP contribution in [0.25, 0.3) is 11.5 Å². The van der Waals surface area contributed by atoms with E-state index >= 15 is 0 Å². The standard InChI is InChI=1S/2C10H10O2.Mn/c2*1-8(11)7-10(12)9-5-3-2-4-6-9;/h2*2-7,12H,1H3;/q;;+2/p-2/b2*10-7-;. The third kappa shape index (κ3) is 9.30. The number of benzene rings is 2. The minimum Gasteiger partial charge on any atom is -0.872 e. The zero-order chi connectivity index (χ0) is 17.9. The first kappa shape index (κ1) is 22.4. The zero-order valence-electron chi connectivity index (χ0n) is 13.9. The van der Waals surface area contributed by atoms with Crippen LogP contribution in [0.15, 0.2) is 72.8 Å². The summed E-state index contributed by atoms with van der Waals surface area (Å²) < 4.78 is 0. The zero-order valence-corrected chi connectivity index (χ0v) is 15.1. The quantitative estimate of drug-likeness (QED) is 0.463. The molecule has 0 aromatic heterocycles. The summed E-state index contributed by atoms with van der Waals surface area (Å²) in [5.41, 5.74) is 1.10. The first-order valence-corrected chi connectivity index (χ1v) is 7.29. The Kier molecular flexibility index (Phi) is 10.6. The molecule has 0 atom stereocenters. The summed E-state index contributed by atoms with van der Waals surface area (Å²) in [5, 5.41) is 22.4. The first-order chi connectivity index (χ1) is 11.4. The molecule has 5 heteroatoms. The van der Waals surface area contributed by atoms with Crippen LogP contribution in [-0.4, -0.2) is 11.6 Å². The molecule has 0 heterocycles. The summed E-state index contributed by atoms with van der Waals surface area (Å²) in [5.74, 6) is -0.904. The molecule has 0 N–H and O–H groups in total. The Balaban J connectivity index is 0.000000443. The van der Waals surface area contributed by atoms with Crippen molar-refractivity contribution in [3.63, 3.8) is 0 Å². The Morgan fingerprint density at radius 2 is 0.960 bits per heavy atom. The van der Waals surface area contributed by atoms with Crippen molar-refractivity contribution in [2.45, 2.75) is 13.8 Å². The molecule has 0 saturated heterocycles. The number of rotatable bonds is 4. The minimum atomic E-state index is -0.233. The third-order valence-electron chi connectivity index (χ3n) is 2.79. The molecule has 4 nitrogen and oxygen atoms in total. The predicted molar refractivity (Wildman–Crippen MR) is 90.2 cm³/mol. The molecular formula is C20H18MnO4. The Morgan fingerprint density at radius 3 is 1.20 bits per heavy atom. The molecule has 2 aromatic carbocycles. The summed E-state index contributed by atoms with van der Waals surface area (Å²) in [6.45, 7) is 2.72. The molecule has 129 valence electrons. The minimum absolute atomic E-state index is 0. The van der Waals surface area contributed by atoms with Gasteiger partial charge in [0.05, 0.1) is 0 Å². The topological polar surface area (TPSA) is 80.3 Å². The van der Waals surface area contributed by atoms with Crippen LogP contribution in [0.2, 0.25) is 0 Å². The van der Waals surface area contributed by atoms with Gasteiger partial charge in [0.15, 0.2) is 11.6 Å². The van der Waals surface area contributed by atoms with E-state index in [1.807, 2.05) is 12.1 Å². The van der Waals surface area contributed by atoms with Gasteiger partial charge in [-0.25, -0.2) is 0 Å². The molecule has 0 saturated carbocycles. The van der Waals surface area contributed by atoms with Gasteiger partial charge in [-0.3, -0.25) is 9.59 Å². The van der Waals surface area contributed by atoms with Crippen LogP contribution >= 0.6 is 0 Å². The molecule has 2 aromatic rings. The summed E-state index contributed by atoms with van der Waals surface area (Å²) in [6, 6.07) is 17.4. The number of carbonyl (C=O) groups is 2. The van der Waals surface area contributed by atoms with Crippen LogP contribution in [0.4, 0.5) is 0 Å².